The van der Waals surface area contributed by atoms with Gasteiger partial charge in [0.1, 0.15) is 12.4 Å². The number of ether oxygens (including phenoxy) is 1. The second-order valence-corrected chi connectivity index (χ2v) is 6.56. The van der Waals surface area contributed by atoms with Crippen LogP contribution in [0.3, 0.4) is 0 Å². The standard InChI is InChI=1S/C21H29N5O/c1-2-23-21(24-13-15-27-20-11-6-12-22-16-20)25-18-8-7-14-26(17-18)19-9-4-3-5-10-19/h3-6,9-12,16,18H,2,7-8,13-15,17H2,1H3,(H2,23,24,25). The van der Waals surface area contributed by atoms with E-state index in [2.05, 4.69) is 62.8 Å². The maximum absolute atomic E-state index is 5.67. The molecule has 1 atom stereocenters. The fourth-order valence-corrected chi connectivity index (χ4v) is 3.24. The van der Waals surface area contributed by atoms with Gasteiger partial charge in [-0.2, -0.15) is 0 Å². The predicted molar refractivity (Wildman–Crippen MR) is 111 cm³/mol. The molecule has 6 nitrogen and oxygen atoms in total. The molecule has 3 rings (SSSR count). The second-order valence-electron chi connectivity index (χ2n) is 6.56. The molecular formula is C21H29N5O. The quantitative estimate of drug-likeness (QED) is 0.448. The van der Waals surface area contributed by atoms with Crippen molar-refractivity contribution >= 4 is 11.6 Å². The SMILES string of the molecule is CCNC(=NCCOc1cccnc1)NC1CCCN(c2ccccc2)C1. The highest BCUT2D eigenvalue weighted by atomic mass is 16.5. The molecule has 27 heavy (non-hydrogen) atoms. The Balaban J connectivity index is 1.50. The van der Waals surface area contributed by atoms with Crippen molar-refractivity contribution in [1.82, 2.24) is 15.6 Å². The number of benzene rings is 1. The maximum Gasteiger partial charge on any atom is 0.191 e. The van der Waals surface area contributed by atoms with Gasteiger partial charge in [-0.1, -0.05) is 18.2 Å². The number of guanidine groups is 1. The molecule has 6 heteroatoms. The lowest BCUT2D eigenvalue weighted by Gasteiger charge is -2.35. The molecule has 1 aliphatic rings. The van der Waals surface area contributed by atoms with Crippen LogP contribution in [0.4, 0.5) is 5.69 Å². The monoisotopic (exact) mass is 367 g/mol. The van der Waals surface area contributed by atoms with E-state index in [0.717, 1.165) is 37.8 Å². The summed E-state index contributed by atoms with van der Waals surface area (Å²) in [4.78, 5) is 11.1. The van der Waals surface area contributed by atoms with Gasteiger partial charge in [-0.15, -0.1) is 0 Å². The fourth-order valence-electron chi connectivity index (χ4n) is 3.24. The van der Waals surface area contributed by atoms with Crippen LogP contribution in [0, 0.1) is 0 Å². The summed E-state index contributed by atoms with van der Waals surface area (Å²) in [6, 6.07) is 14.8. The lowest BCUT2D eigenvalue weighted by atomic mass is 10.1. The molecule has 2 heterocycles. The number of rotatable bonds is 7. The molecule has 0 spiro atoms. The number of hydrogen-bond donors (Lipinski definition) is 2. The van der Waals surface area contributed by atoms with Gasteiger partial charge in [0.05, 0.1) is 12.7 Å². The molecule has 144 valence electrons. The lowest BCUT2D eigenvalue weighted by Crippen LogP contribution is -2.51. The van der Waals surface area contributed by atoms with Crippen molar-refractivity contribution in [2.24, 2.45) is 4.99 Å². The van der Waals surface area contributed by atoms with Crippen molar-refractivity contribution in [2.45, 2.75) is 25.8 Å². The molecule has 1 fully saturated rings. The summed E-state index contributed by atoms with van der Waals surface area (Å²) in [6.45, 7) is 6.14. The number of pyridine rings is 1. The molecule has 1 aromatic carbocycles. The minimum atomic E-state index is 0.385. The Labute approximate surface area is 161 Å². The Bertz CT molecular complexity index is 692. The van der Waals surface area contributed by atoms with Gasteiger partial charge < -0.3 is 20.3 Å². The van der Waals surface area contributed by atoms with Crippen LogP contribution in [-0.2, 0) is 0 Å². The van der Waals surface area contributed by atoms with E-state index in [1.807, 2.05) is 12.1 Å². The summed E-state index contributed by atoms with van der Waals surface area (Å²) < 4.78 is 5.67. The van der Waals surface area contributed by atoms with E-state index < -0.39 is 0 Å². The molecule has 1 aliphatic heterocycles. The average Bonchev–Trinajstić information content (AvgIpc) is 2.73. The number of nitrogens with one attached hydrogen (secondary N) is 2. The Hall–Kier alpha value is -2.76. The zero-order valence-corrected chi connectivity index (χ0v) is 16.0. The molecular weight excluding hydrogens is 338 g/mol. The number of hydrogen-bond acceptors (Lipinski definition) is 4. The van der Waals surface area contributed by atoms with Crippen molar-refractivity contribution < 1.29 is 4.74 Å². The third kappa shape index (κ3) is 6.16. The number of aromatic nitrogens is 1. The molecule has 0 radical (unpaired) electrons. The van der Waals surface area contributed by atoms with Crippen LogP contribution < -0.4 is 20.3 Å². The van der Waals surface area contributed by atoms with Crippen LogP contribution in [0.1, 0.15) is 19.8 Å². The largest absolute Gasteiger partial charge is 0.490 e. The van der Waals surface area contributed by atoms with Crippen LogP contribution in [0.25, 0.3) is 0 Å². The van der Waals surface area contributed by atoms with Gasteiger partial charge in [-0.3, -0.25) is 4.98 Å². The average molecular weight is 367 g/mol. The highest BCUT2D eigenvalue weighted by Crippen LogP contribution is 2.19. The van der Waals surface area contributed by atoms with E-state index in [4.69, 9.17) is 4.74 Å². The zero-order chi connectivity index (χ0) is 18.7. The third-order valence-corrected chi connectivity index (χ3v) is 4.49. The number of anilines is 1. The molecule has 0 bridgehead atoms. The Morgan fingerprint density at radius 1 is 1.26 bits per heavy atom. The highest BCUT2D eigenvalue weighted by molar-refractivity contribution is 5.80. The van der Waals surface area contributed by atoms with Crippen LogP contribution >= 0.6 is 0 Å². The van der Waals surface area contributed by atoms with E-state index in [9.17, 15) is 0 Å². The van der Waals surface area contributed by atoms with E-state index in [1.54, 1.807) is 12.4 Å². The minimum Gasteiger partial charge on any atom is -0.490 e. The summed E-state index contributed by atoms with van der Waals surface area (Å²) in [5, 5.41) is 6.92. The molecule has 2 N–H and O–H groups in total. The van der Waals surface area contributed by atoms with Gasteiger partial charge in [0, 0.05) is 37.6 Å². The Morgan fingerprint density at radius 2 is 2.15 bits per heavy atom. The number of para-hydroxylation sites is 1. The Morgan fingerprint density at radius 3 is 2.93 bits per heavy atom. The van der Waals surface area contributed by atoms with Gasteiger partial charge in [-0.25, -0.2) is 4.99 Å². The third-order valence-electron chi connectivity index (χ3n) is 4.49. The van der Waals surface area contributed by atoms with Crippen molar-refractivity contribution in [2.75, 3.05) is 37.7 Å². The van der Waals surface area contributed by atoms with Gasteiger partial charge in [-0.05, 0) is 44.0 Å². The number of aliphatic imine (C=N–C) groups is 1. The van der Waals surface area contributed by atoms with E-state index in [-0.39, 0.29) is 0 Å². The summed E-state index contributed by atoms with van der Waals surface area (Å²) in [7, 11) is 0. The van der Waals surface area contributed by atoms with Crippen molar-refractivity contribution in [3.05, 3.63) is 54.9 Å². The zero-order valence-electron chi connectivity index (χ0n) is 16.0. The second kappa shape index (κ2) is 10.4. The molecule has 1 unspecified atom stereocenters. The summed E-state index contributed by atoms with van der Waals surface area (Å²) in [5.74, 6) is 1.63. The highest BCUT2D eigenvalue weighted by Gasteiger charge is 2.20. The first-order valence-electron chi connectivity index (χ1n) is 9.73. The normalized spacial score (nSPS) is 17.4. The van der Waals surface area contributed by atoms with Gasteiger partial charge in [0.15, 0.2) is 5.96 Å². The van der Waals surface area contributed by atoms with E-state index in [1.165, 1.54) is 12.1 Å². The molecule has 0 aliphatic carbocycles. The van der Waals surface area contributed by atoms with Crippen LogP contribution in [-0.4, -0.2) is 49.8 Å². The predicted octanol–water partition coefficient (Wildman–Crippen LogP) is 2.68. The van der Waals surface area contributed by atoms with Gasteiger partial charge >= 0.3 is 0 Å². The number of nitrogens with zero attached hydrogens (tertiary/aromatic N) is 3. The molecule has 1 aromatic heterocycles. The van der Waals surface area contributed by atoms with Crippen molar-refractivity contribution in [1.29, 1.82) is 0 Å². The summed E-state index contributed by atoms with van der Waals surface area (Å²) in [5.41, 5.74) is 1.29. The van der Waals surface area contributed by atoms with E-state index >= 15 is 0 Å². The van der Waals surface area contributed by atoms with Crippen molar-refractivity contribution in [3.63, 3.8) is 0 Å². The van der Waals surface area contributed by atoms with Gasteiger partial charge in [0.2, 0.25) is 0 Å². The smallest absolute Gasteiger partial charge is 0.191 e. The summed E-state index contributed by atoms with van der Waals surface area (Å²) >= 11 is 0. The van der Waals surface area contributed by atoms with Crippen LogP contribution in [0.15, 0.2) is 59.9 Å². The lowest BCUT2D eigenvalue weighted by molar-refractivity contribution is 0.327. The first kappa shape index (κ1) is 19.0. The maximum atomic E-state index is 5.67. The first-order valence-corrected chi connectivity index (χ1v) is 9.73. The van der Waals surface area contributed by atoms with Crippen LogP contribution in [0.5, 0.6) is 5.75 Å². The Kier molecular flexibility index (Phi) is 7.33. The van der Waals surface area contributed by atoms with Gasteiger partial charge in [0.25, 0.3) is 0 Å². The topological polar surface area (TPSA) is 61.8 Å². The summed E-state index contributed by atoms with van der Waals surface area (Å²) in [6.07, 6.45) is 5.78. The first-order chi connectivity index (χ1) is 13.3. The number of piperidine rings is 1. The molecule has 0 amide bonds. The molecule has 2 aromatic rings. The molecule has 0 saturated carbocycles. The van der Waals surface area contributed by atoms with Crippen molar-refractivity contribution in [3.8, 4) is 5.75 Å². The molecule has 1 saturated heterocycles. The fraction of sp³-hybridized carbons (Fsp3) is 0.429. The van der Waals surface area contributed by atoms with E-state index in [0.29, 0.717) is 19.2 Å². The minimum absolute atomic E-state index is 0.385. The van der Waals surface area contributed by atoms with Crippen LogP contribution in [0.2, 0.25) is 0 Å².